The standard InChI is InChI=1S/C11H16N2S/c12-11(10-3-4-13-14-10)8-2-1-7-5-9(7)6-8/h3-4,7-9,11H,1-2,5-6,12H2. The van der Waals surface area contributed by atoms with Crippen LogP contribution in [0.5, 0.6) is 0 Å². The maximum atomic E-state index is 6.27. The average Bonchev–Trinajstić information content (AvgIpc) is 2.78. The Labute approximate surface area is 88.7 Å². The summed E-state index contributed by atoms with van der Waals surface area (Å²) in [4.78, 5) is 1.27. The van der Waals surface area contributed by atoms with Crippen LogP contribution in [0.1, 0.15) is 36.6 Å². The van der Waals surface area contributed by atoms with Gasteiger partial charge >= 0.3 is 0 Å². The molecule has 0 amide bonds. The zero-order valence-corrected chi connectivity index (χ0v) is 9.04. The molecule has 14 heavy (non-hydrogen) atoms. The predicted molar refractivity (Wildman–Crippen MR) is 58.0 cm³/mol. The Kier molecular flexibility index (Phi) is 2.10. The van der Waals surface area contributed by atoms with E-state index in [9.17, 15) is 0 Å². The second-order valence-electron chi connectivity index (χ2n) is 4.77. The molecule has 1 heterocycles. The molecule has 76 valence electrons. The van der Waals surface area contributed by atoms with Gasteiger partial charge in [0.2, 0.25) is 0 Å². The van der Waals surface area contributed by atoms with Crippen molar-refractivity contribution in [3.05, 3.63) is 17.1 Å². The molecule has 0 bridgehead atoms. The summed E-state index contributed by atoms with van der Waals surface area (Å²) in [6, 6.07) is 2.33. The topological polar surface area (TPSA) is 38.9 Å². The van der Waals surface area contributed by atoms with Crippen molar-refractivity contribution in [2.45, 2.75) is 31.7 Å². The molecule has 2 saturated carbocycles. The third-order valence-electron chi connectivity index (χ3n) is 3.88. The molecule has 1 aromatic rings. The van der Waals surface area contributed by atoms with Crippen LogP contribution in [0, 0.1) is 17.8 Å². The average molecular weight is 208 g/mol. The first-order valence-corrected chi connectivity index (χ1v) is 6.28. The summed E-state index contributed by atoms with van der Waals surface area (Å²) in [5.74, 6) is 2.81. The van der Waals surface area contributed by atoms with E-state index < -0.39 is 0 Å². The summed E-state index contributed by atoms with van der Waals surface area (Å²) in [6.45, 7) is 0. The Bertz CT molecular complexity index is 309. The van der Waals surface area contributed by atoms with Gasteiger partial charge in [-0.3, -0.25) is 0 Å². The fourth-order valence-electron chi connectivity index (χ4n) is 2.84. The van der Waals surface area contributed by atoms with Crippen LogP contribution < -0.4 is 5.73 Å². The van der Waals surface area contributed by atoms with E-state index in [1.807, 2.05) is 6.20 Å². The molecule has 2 aliphatic rings. The first kappa shape index (κ1) is 8.86. The Morgan fingerprint density at radius 3 is 3.00 bits per heavy atom. The van der Waals surface area contributed by atoms with E-state index >= 15 is 0 Å². The second kappa shape index (κ2) is 3.31. The van der Waals surface area contributed by atoms with Crippen molar-refractivity contribution >= 4 is 11.5 Å². The highest BCUT2D eigenvalue weighted by molar-refractivity contribution is 7.05. The SMILES string of the molecule is NC(c1ccns1)C1CCC2CC2C1. The molecule has 2 N–H and O–H groups in total. The molecular weight excluding hydrogens is 192 g/mol. The Hall–Kier alpha value is -0.410. The van der Waals surface area contributed by atoms with Gasteiger partial charge in [-0.1, -0.05) is 0 Å². The quantitative estimate of drug-likeness (QED) is 0.811. The van der Waals surface area contributed by atoms with Crippen molar-refractivity contribution in [1.29, 1.82) is 0 Å². The second-order valence-corrected chi connectivity index (χ2v) is 5.63. The van der Waals surface area contributed by atoms with Gasteiger partial charge in [0.05, 0.1) is 0 Å². The van der Waals surface area contributed by atoms with E-state index in [4.69, 9.17) is 5.73 Å². The normalized spacial score (nSPS) is 37.6. The summed E-state index contributed by atoms with van der Waals surface area (Å²) < 4.78 is 4.13. The van der Waals surface area contributed by atoms with Crippen LogP contribution in [0.3, 0.4) is 0 Å². The third-order valence-corrected chi connectivity index (χ3v) is 4.72. The lowest BCUT2D eigenvalue weighted by atomic mass is 9.84. The van der Waals surface area contributed by atoms with Crippen LogP contribution in [0.15, 0.2) is 12.3 Å². The van der Waals surface area contributed by atoms with E-state index in [2.05, 4.69) is 10.4 Å². The number of fused-ring (bicyclic) bond motifs is 1. The molecule has 2 fully saturated rings. The van der Waals surface area contributed by atoms with Crippen molar-refractivity contribution in [1.82, 2.24) is 4.37 Å². The molecule has 1 aromatic heterocycles. The minimum Gasteiger partial charge on any atom is -0.323 e. The summed E-state index contributed by atoms with van der Waals surface area (Å²) in [6.07, 6.45) is 7.46. The van der Waals surface area contributed by atoms with Crippen LogP contribution in [-0.2, 0) is 0 Å². The zero-order valence-electron chi connectivity index (χ0n) is 8.23. The van der Waals surface area contributed by atoms with E-state index in [0.717, 1.165) is 17.8 Å². The summed E-state index contributed by atoms with van der Waals surface area (Å²) in [5.41, 5.74) is 6.27. The first-order chi connectivity index (χ1) is 6.84. The molecule has 2 aliphatic carbocycles. The molecule has 0 spiro atoms. The number of aromatic nitrogens is 1. The molecule has 0 radical (unpaired) electrons. The van der Waals surface area contributed by atoms with Gasteiger partial charge in [-0.25, -0.2) is 4.37 Å². The highest BCUT2D eigenvalue weighted by Crippen LogP contribution is 2.53. The smallest absolute Gasteiger partial charge is 0.0434 e. The Morgan fingerprint density at radius 2 is 2.29 bits per heavy atom. The van der Waals surface area contributed by atoms with Gasteiger partial charge in [-0.05, 0) is 61.0 Å². The van der Waals surface area contributed by atoms with Crippen LogP contribution in [0.4, 0.5) is 0 Å². The number of hydrogen-bond donors (Lipinski definition) is 1. The fraction of sp³-hybridized carbons (Fsp3) is 0.727. The first-order valence-electron chi connectivity index (χ1n) is 5.51. The van der Waals surface area contributed by atoms with Crippen molar-refractivity contribution < 1.29 is 0 Å². The summed E-state index contributed by atoms with van der Waals surface area (Å²) in [5, 5.41) is 0. The molecule has 0 aromatic carbocycles. The molecule has 2 nitrogen and oxygen atoms in total. The molecule has 3 rings (SSSR count). The minimum absolute atomic E-state index is 0.254. The molecule has 0 saturated heterocycles. The maximum Gasteiger partial charge on any atom is 0.0434 e. The van der Waals surface area contributed by atoms with Gasteiger partial charge in [0, 0.05) is 17.1 Å². The lowest BCUT2D eigenvalue weighted by Gasteiger charge is -2.26. The van der Waals surface area contributed by atoms with Gasteiger partial charge in [0.15, 0.2) is 0 Å². The van der Waals surface area contributed by atoms with Crippen LogP contribution in [-0.4, -0.2) is 4.37 Å². The lowest BCUT2D eigenvalue weighted by Crippen LogP contribution is -2.23. The summed E-state index contributed by atoms with van der Waals surface area (Å²) in [7, 11) is 0. The van der Waals surface area contributed by atoms with Gasteiger partial charge in [0.25, 0.3) is 0 Å². The van der Waals surface area contributed by atoms with E-state index in [0.29, 0.717) is 0 Å². The van der Waals surface area contributed by atoms with Gasteiger partial charge in [-0.15, -0.1) is 0 Å². The van der Waals surface area contributed by atoms with Gasteiger partial charge in [0.1, 0.15) is 0 Å². The number of nitrogens with zero attached hydrogens (tertiary/aromatic N) is 1. The largest absolute Gasteiger partial charge is 0.323 e. The third kappa shape index (κ3) is 1.48. The minimum atomic E-state index is 0.254. The number of nitrogens with two attached hydrogens (primary N) is 1. The van der Waals surface area contributed by atoms with Gasteiger partial charge in [-0.2, -0.15) is 0 Å². The number of rotatable bonds is 2. The predicted octanol–water partition coefficient (Wildman–Crippen LogP) is 2.58. The Morgan fingerprint density at radius 1 is 1.36 bits per heavy atom. The molecule has 4 atom stereocenters. The van der Waals surface area contributed by atoms with Crippen molar-refractivity contribution in [2.75, 3.05) is 0 Å². The molecule has 4 unspecified atom stereocenters. The van der Waals surface area contributed by atoms with E-state index in [-0.39, 0.29) is 6.04 Å². The van der Waals surface area contributed by atoms with Gasteiger partial charge < -0.3 is 5.73 Å². The zero-order chi connectivity index (χ0) is 9.54. The van der Waals surface area contributed by atoms with E-state index in [1.165, 1.54) is 30.6 Å². The number of hydrogen-bond acceptors (Lipinski definition) is 3. The van der Waals surface area contributed by atoms with Crippen LogP contribution in [0.2, 0.25) is 0 Å². The van der Waals surface area contributed by atoms with Crippen LogP contribution >= 0.6 is 11.5 Å². The van der Waals surface area contributed by atoms with Crippen LogP contribution in [0.25, 0.3) is 0 Å². The molecule has 3 heteroatoms. The fourth-order valence-corrected chi connectivity index (χ4v) is 3.52. The molecular formula is C11H16N2S. The molecule has 0 aliphatic heterocycles. The van der Waals surface area contributed by atoms with E-state index in [1.54, 1.807) is 11.5 Å². The monoisotopic (exact) mass is 208 g/mol. The highest BCUT2D eigenvalue weighted by Gasteiger charge is 2.43. The van der Waals surface area contributed by atoms with Crippen molar-refractivity contribution in [3.8, 4) is 0 Å². The highest BCUT2D eigenvalue weighted by atomic mass is 32.1. The maximum absolute atomic E-state index is 6.27. The lowest BCUT2D eigenvalue weighted by molar-refractivity contribution is 0.298. The van der Waals surface area contributed by atoms with Crippen molar-refractivity contribution in [3.63, 3.8) is 0 Å². The van der Waals surface area contributed by atoms with Crippen molar-refractivity contribution in [2.24, 2.45) is 23.5 Å². The summed E-state index contributed by atoms with van der Waals surface area (Å²) >= 11 is 1.56. The Balaban J connectivity index is 1.69.